The summed E-state index contributed by atoms with van der Waals surface area (Å²) in [6, 6.07) is 0. The highest BCUT2D eigenvalue weighted by Gasteiger charge is 2.21. The molecule has 0 bridgehead atoms. The Bertz CT molecular complexity index is 198. The van der Waals surface area contributed by atoms with E-state index in [9.17, 15) is 0 Å². The highest BCUT2D eigenvalue weighted by atomic mass is 14.9. The van der Waals surface area contributed by atoms with E-state index in [0.717, 1.165) is 24.3 Å². The van der Waals surface area contributed by atoms with E-state index in [2.05, 4.69) is 39.9 Å². The molecule has 0 heterocycles. The first-order valence-electron chi connectivity index (χ1n) is 7.63. The van der Waals surface area contributed by atoms with E-state index in [1.54, 1.807) is 0 Å². The minimum Gasteiger partial charge on any atom is -0.312 e. The quantitative estimate of drug-likeness (QED) is 0.738. The Kier molecular flexibility index (Phi) is 5.99. The van der Waals surface area contributed by atoms with Crippen LogP contribution in [0.5, 0.6) is 0 Å². The van der Waals surface area contributed by atoms with E-state index in [0.29, 0.717) is 0 Å². The van der Waals surface area contributed by atoms with Crippen molar-refractivity contribution in [1.82, 2.24) is 5.32 Å². The monoisotopic (exact) mass is 239 g/mol. The second-order valence-electron chi connectivity index (χ2n) is 7.33. The van der Waals surface area contributed by atoms with Gasteiger partial charge >= 0.3 is 0 Å². The largest absolute Gasteiger partial charge is 0.312 e. The summed E-state index contributed by atoms with van der Waals surface area (Å²) in [6.45, 7) is 12.8. The molecule has 0 spiro atoms. The molecule has 0 saturated heterocycles. The van der Waals surface area contributed by atoms with Crippen LogP contribution in [0.4, 0.5) is 0 Å². The summed E-state index contributed by atoms with van der Waals surface area (Å²) in [4.78, 5) is 0. The van der Waals surface area contributed by atoms with Crippen LogP contribution in [0, 0.1) is 17.8 Å². The molecule has 1 rings (SSSR count). The minimum absolute atomic E-state index is 0.263. The van der Waals surface area contributed by atoms with Crippen LogP contribution in [0.15, 0.2) is 0 Å². The first-order chi connectivity index (χ1) is 7.88. The summed E-state index contributed by atoms with van der Waals surface area (Å²) < 4.78 is 0. The highest BCUT2D eigenvalue weighted by Crippen LogP contribution is 2.31. The van der Waals surface area contributed by atoms with Crippen molar-refractivity contribution in [2.75, 3.05) is 6.54 Å². The molecule has 17 heavy (non-hydrogen) atoms. The van der Waals surface area contributed by atoms with Crippen LogP contribution < -0.4 is 5.32 Å². The van der Waals surface area contributed by atoms with E-state index in [4.69, 9.17) is 0 Å². The standard InChI is InChI=1S/C16H33N/c1-13(11-15-9-7-6-8-10-15)14(2)12-17-16(3,4)5/h13-15,17H,6-12H2,1-5H3. The maximum absolute atomic E-state index is 3.64. The van der Waals surface area contributed by atoms with E-state index in [1.807, 2.05) is 0 Å². The topological polar surface area (TPSA) is 12.0 Å². The van der Waals surface area contributed by atoms with Crippen LogP contribution in [0.25, 0.3) is 0 Å². The molecule has 0 aromatic carbocycles. The van der Waals surface area contributed by atoms with Gasteiger partial charge in [0.05, 0.1) is 0 Å². The maximum atomic E-state index is 3.64. The first-order valence-corrected chi connectivity index (χ1v) is 7.63. The summed E-state index contributed by atoms with van der Waals surface area (Å²) in [5, 5.41) is 3.64. The van der Waals surface area contributed by atoms with E-state index >= 15 is 0 Å². The summed E-state index contributed by atoms with van der Waals surface area (Å²) >= 11 is 0. The van der Waals surface area contributed by atoms with E-state index < -0.39 is 0 Å². The molecule has 1 N–H and O–H groups in total. The third-order valence-electron chi connectivity index (χ3n) is 4.36. The van der Waals surface area contributed by atoms with E-state index in [-0.39, 0.29) is 5.54 Å². The van der Waals surface area contributed by atoms with Gasteiger partial charge in [0.15, 0.2) is 0 Å². The van der Waals surface area contributed by atoms with Gasteiger partial charge in [-0.25, -0.2) is 0 Å². The lowest BCUT2D eigenvalue weighted by Crippen LogP contribution is -2.40. The zero-order valence-electron chi connectivity index (χ0n) is 12.7. The fourth-order valence-electron chi connectivity index (χ4n) is 2.85. The van der Waals surface area contributed by atoms with Crippen molar-refractivity contribution in [3.8, 4) is 0 Å². The zero-order chi connectivity index (χ0) is 12.9. The number of nitrogens with one attached hydrogen (secondary N) is 1. The zero-order valence-corrected chi connectivity index (χ0v) is 12.7. The lowest BCUT2D eigenvalue weighted by atomic mass is 9.79. The average molecular weight is 239 g/mol. The summed E-state index contributed by atoms with van der Waals surface area (Å²) in [5.41, 5.74) is 0.263. The van der Waals surface area contributed by atoms with E-state index in [1.165, 1.54) is 38.5 Å². The molecule has 1 aliphatic carbocycles. The maximum Gasteiger partial charge on any atom is 0.00966 e. The molecule has 102 valence electrons. The SMILES string of the molecule is CC(CNC(C)(C)C)C(C)CC1CCCCC1. The van der Waals surface area contributed by atoms with Crippen LogP contribution in [0.3, 0.4) is 0 Å². The highest BCUT2D eigenvalue weighted by molar-refractivity contribution is 4.76. The van der Waals surface area contributed by atoms with Gasteiger partial charge in [-0.1, -0.05) is 46.0 Å². The van der Waals surface area contributed by atoms with Crippen molar-refractivity contribution < 1.29 is 0 Å². The Morgan fingerprint density at radius 2 is 1.59 bits per heavy atom. The first kappa shape index (κ1) is 15.0. The van der Waals surface area contributed by atoms with Crippen molar-refractivity contribution in [2.24, 2.45) is 17.8 Å². The predicted molar refractivity (Wildman–Crippen MR) is 77.3 cm³/mol. The molecular formula is C16H33N. The second-order valence-corrected chi connectivity index (χ2v) is 7.33. The fraction of sp³-hybridized carbons (Fsp3) is 1.00. The molecule has 0 radical (unpaired) electrons. The summed E-state index contributed by atoms with van der Waals surface area (Å²) in [7, 11) is 0. The van der Waals surface area contributed by atoms with Crippen molar-refractivity contribution in [2.45, 2.75) is 78.7 Å². The van der Waals surface area contributed by atoms with Crippen molar-refractivity contribution in [3.63, 3.8) is 0 Å². The Hall–Kier alpha value is -0.0400. The molecule has 2 atom stereocenters. The lowest BCUT2D eigenvalue weighted by Gasteiger charge is -2.30. The molecule has 0 aromatic heterocycles. The van der Waals surface area contributed by atoms with Gasteiger partial charge in [-0.15, -0.1) is 0 Å². The van der Waals surface area contributed by atoms with Gasteiger partial charge in [0.25, 0.3) is 0 Å². The predicted octanol–water partition coefficient (Wildman–Crippen LogP) is 4.62. The van der Waals surface area contributed by atoms with Gasteiger partial charge in [-0.2, -0.15) is 0 Å². The summed E-state index contributed by atoms with van der Waals surface area (Å²) in [5.74, 6) is 2.69. The molecule has 0 aliphatic heterocycles. The number of hydrogen-bond acceptors (Lipinski definition) is 1. The van der Waals surface area contributed by atoms with Gasteiger partial charge in [-0.3, -0.25) is 0 Å². The molecule has 1 saturated carbocycles. The van der Waals surface area contributed by atoms with Crippen LogP contribution in [0.1, 0.15) is 73.1 Å². The van der Waals surface area contributed by atoms with Gasteiger partial charge < -0.3 is 5.32 Å². The number of rotatable bonds is 5. The molecular weight excluding hydrogens is 206 g/mol. The van der Waals surface area contributed by atoms with Crippen LogP contribution in [-0.4, -0.2) is 12.1 Å². The minimum atomic E-state index is 0.263. The fourth-order valence-corrected chi connectivity index (χ4v) is 2.85. The van der Waals surface area contributed by atoms with Gasteiger partial charge in [-0.05, 0) is 51.5 Å². The molecule has 2 unspecified atom stereocenters. The molecule has 1 nitrogen and oxygen atoms in total. The molecule has 1 aliphatic rings. The Morgan fingerprint density at radius 3 is 2.12 bits per heavy atom. The van der Waals surface area contributed by atoms with Gasteiger partial charge in [0.1, 0.15) is 0 Å². The van der Waals surface area contributed by atoms with Crippen molar-refractivity contribution in [3.05, 3.63) is 0 Å². The second kappa shape index (κ2) is 6.78. The third kappa shape index (κ3) is 6.45. The van der Waals surface area contributed by atoms with Crippen LogP contribution >= 0.6 is 0 Å². The Morgan fingerprint density at radius 1 is 1.00 bits per heavy atom. The summed E-state index contributed by atoms with van der Waals surface area (Å²) in [6.07, 6.45) is 8.87. The average Bonchev–Trinajstić information content (AvgIpc) is 2.26. The van der Waals surface area contributed by atoms with Gasteiger partial charge in [0, 0.05) is 5.54 Å². The normalized spacial score (nSPS) is 22.4. The smallest absolute Gasteiger partial charge is 0.00966 e. The van der Waals surface area contributed by atoms with Crippen molar-refractivity contribution >= 4 is 0 Å². The third-order valence-corrected chi connectivity index (χ3v) is 4.36. The van der Waals surface area contributed by atoms with Crippen LogP contribution in [-0.2, 0) is 0 Å². The lowest BCUT2D eigenvalue weighted by molar-refractivity contribution is 0.238. The molecule has 1 heteroatoms. The van der Waals surface area contributed by atoms with Gasteiger partial charge in [0.2, 0.25) is 0 Å². The molecule has 0 amide bonds. The Balaban J connectivity index is 2.23. The number of hydrogen-bond donors (Lipinski definition) is 1. The Labute approximate surface area is 109 Å². The molecule has 0 aromatic rings. The van der Waals surface area contributed by atoms with Crippen LogP contribution in [0.2, 0.25) is 0 Å². The van der Waals surface area contributed by atoms with Crippen molar-refractivity contribution in [1.29, 1.82) is 0 Å². The molecule has 1 fully saturated rings.